The number of carbonyl (C=O) groups is 4. The Kier molecular flexibility index (Phi) is 10.9. The van der Waals surface area contributed by atoms with E-state index in [9.17, 15) is 19.2 Å². The number of carbonyl (C=O) groups excluding carboxylic acids is 4. The molecule has 1 atom stereocenters. The summed E-state index contributed by atoms with van der Waals surface area (Å²) in [5, 5.41) is 8.93. The first-order valence-corrected chi connectivity index (χ1v) is 17.1. The van der Waals surface area contributed by atoms with Gasteiger partial charge in [0.2, 0.25) is 18.2 Å². The van der Waals surface area contributed by atoms with Crippen LogP contribution < -0.4 is 10.6 Å². The summed E-state index contributed by atoms with van der Waals surface area (Å²) in [5.41, 5.74) is 5.47. The molecule has 52 heavy (non-hydrogen) atoms. The van der Waals surface area contributed by atoms with Gasteiger partial charge in [0.05, 0.1) is 54.9 Å². The van der Waals surface area contributed by atoms with Crippen molar-refractivity contribution in [2.24, 2.45) is 0 Å². The molecule has 4 amide bonds. The van der Waals surface area contributed by atoms with E-state index >= 15 is 0 Å². The Morgan fingerprint density at radius 1 is 0.808 bits per heavy atom. The number of methoxy groups -OCH3 is 2. The van der Waals surface area contributed by atoms with Gasteiger partial charge in [0.15, 0.2) is 0 Å². The number of imidazole rings is 2. The molecule has 0 aliphatic carbocycles. The van der Waals surface area contributed by atoms with E-state index in [1.165, 1.54) is 7.11 Å². The second-order valence-electron chi connectivity index (χ2n) is 12.6. The Bertz CT molecular complexity index is 2260. The lowest BCUT2D eigenvalue weighted by Crippen LogP contribution is -2.41. The summed E-state index contributed by atoms with van der Waals surface area (Å²) in [6, 6.07) is 20.7. The van der Waals surface area contributed by atoms with Gasteiger partial charge in [-0.3, -0.25) is 14.4 Å². The highest BCUT2D eigenvalue weighted by Gasteiger charge is 2.20. The summed E-state index contributed by atoms with van der Waals surface area (Å²) in [5.74, 6) is 0.846. The highest BCUT2D eigenvalue weighted by Crippen LogP contribution is 2.32. The molecule has 0 saturated carbocycles. The fourth-order valence-corrected chi connectivity index (χ4v) is 6.35. The van der Waals surface area contributed by atoms with E-state index in [1.807, 2.05) is 26.0 Å². The first kappa shape index (κ1) is 35.8. The maximum absolute atomic E-state index is 12.8. The van der Waals surface area contributed by atoms with Gasteiger partial charge in [-0.05, 0) is 59.5 Å². The molecule has 0 aliphatic rings. The highest BCUT2D eigenvalue weighted by molar-refractivity contribution is 6.07. The number of H-pyrrole nitrogens is 2. The Morgan fingerprint density at radius 3 is 1.88 bits per heavy atom. The molecule has 1 unspecified atom stereocenters. The number of amides is 4. The molecule has 2 heterocycles. The van der Waals surface area contributed by atoms with Crippen LogP contribution in [-0.2, 0) is 36.9 Å². The average Bonchev–Trinajstić information content (AvgIpc) is 3.78. The van der Waals surface area contributed by atoms with Crippen LogP contribution in [0.25, 0.3) is 54.7 Å². The number of benzene rings is 4. The van der Waals surface area contributed by atoms with Crippen LogP contribution in [0.15, 0.2) is 60.7 Å². The van der Waals surface area contributed by atoms with Crippen LogP contribution in [0.5, 0.6) is 0 Å². The second-order valence-corrected chi connectivity index (χ2v) is 12.6. The number of hydrogen-bond acceptors (Lipinski definition) is 8. The van der Waals surface area contributed by atoms with Crippen LogP contribution in [-0.4, -0.2) is 101 Å². The third-order valence-corrected chi connectivity index (χ3v) is 9.03. The van der Waals surface area contributed by atoms with E-state index in [-0.39, 0.29) is 44.1 Å². The van der Waals surface area contributed by atoms with E-state index < -0.39 is 6.09 Å². The average molecular weight is 707 g/mol. The number of fused-ring (bicyclic) bond motifs is 6. The molecule has 0 radical (unpaired) electrons. The van der Waals surface area contributed by atoms with Crippen molar-refractivity contribution in [3.63, 3.8) is 0 Å². The van der Waals surface area contributed by atoms with Gasteiger partial charge in [-0.15, -0.1) is 0 Å². The van der Waals surface area contributed by atoms with Crippen molar-refractivity contribution < 1.29 is 28.7 Å². The summed E-state index contributed by atoms with van der Waals surface area (Å²) >= 11 is 0. The van der Waals surface area contributed by atoms with Crippen molar-refractivity contribution >= 4 is 67.9 Å². The van der Waals surface area contributed by atoms with E-state index in [0.717, 1.165) is 61.2 Å². The lowest BCUT2D eigenvalue weighted by molar-refractivity contribution is -0.133. The van der Waals surface area contributed by atoms with Gasteiger partial charge < -0.3 is 39.9 Å². The van der Waals surface area contributed by atoms with Crippen LogP contribution >= 0.6 is 0 Å². The number of hydrogen-bond donors (Lipinski definition) is 4. The molecule has 0 bridgehead atoms. The predicted octanol–water partition coefficient (Wildman–Crippen LogP) is 4.62. The van der Waals surface area contributed by atoms with Crippen molar-refractivity contribution in [2.75, 3.05) is 40.4 Å². The quantitative estimate of drug-likeness (QED) is 0.112. The van der Waals surface area contributed by atoms with E-state index in [2.05, 4.69) is 73.9 Å². The normalized spacial score (nSPS) is 11.9. The monoisotopic (exact) mass is 706 g/mol. The molecular weight excluding hydrogens is 664 g/mol. The summed E-state index contributed by atoms with van der Waals surface area (Å²) in [4.78, 5) is 67.6. The number of aromatic nitrogens is 4. The minimum absolute atomic E-state index is 0.104. The maximum Gasteiger partial charge on any atom is 0.407 e. The van der Waals surface area contributed by atoms with Crippen LogP contribution in [0.3, 0.4) is 0 Å². The number of rotatable bonds is 15. The summed E-state index contributed by atoms with van der Waals surface area (Å²) in [6.45, 7) is 5.02. The molecule has 14 heteroatoms. The zero-order valence-electron chi connectivity index (χ0n) is 29.6. The Labute approximate surface area is 299 Å². The van der Waals surface area contributed by atoms with E-state index in [1.54, 1.807) is 16.9 Å². The highest BCUT2D eigenvalue weighted by atomic mass is 16.5. The molecule has 0 saturated heterocycles. The molecular formula is C38H42N8O6. The largest absolute Gasteiger partial charge is 0.453 e. The number of nitrogens with zero attached hydrogens (tertiary/aromatic N) is 4. The molecule has 0 spiro atoms. The second kappa shape index (κ2) is 15.9. The van der Waals surface area contributed by atoms with Crippen LogP contribution in [0.1, 0.15) is 31.9 Å². The number of aromatic amines is 2. The van der Waals surface area contributed by atoms with Crippen molar-refractivity contribution in [2.45, 2.75) is 39.5 Å². The van der Waals surface area contributed by atoms with Gasteiger partial charge in [0.1, 0.15) is 18.2 Å². The molecule has 0 fully saturated rings. The molecule has 270 valence electrons. The van der Waals surface area contributed by atoms with Crippen molar-refractivity contribution in [1.29, 1.82) is 0 Å². The Balaban J connectivity index is 1.24. The molecule has 4 N–H and O–H groups in total. The van der Waals surface area contributed by atoms with Gasteiger partial charge >= 0.3 is 6.09 Å². The van der Waals surface area contributed by atoms with Gasteiger partial charge in [0, 0.05) is 31.0 Å². The van der Waals surface area contributed by atoms with Crippen molar-refractivity contribution in [3.05, 3.63) is 72.3 Å². The number of ether oxygens (including phenoxy) is 2. The van der Waals surface area contributed by atoms with Crippen LogP contribution in [0.2, 0.25) is 0 Å². The third kappa shape index (κ3) is 7.81. The van der Waals surface area contributed by atoms with Crippen molar-refractivity contribution in [1.82, 2.24) is 40.4 Å². The fourth-order valence-electron chi connectivity index (χ4n) is 6.35. The zero-order valence-corrected chi connectivity index (χ0v) is 29.6. The van der Waals surface area contributed by atoms with Gasteiger partial charge in [-0.2, -0.15) is 0 Å². The van der Waals surface area contributed by atoms with Crippen LogP contribution in [0.4, 0.5) is 4.79 Å². The third-order valence-electron chi connectivity index (χ3n) is 9.03. The van der Waals surface area contributed by atoms with E-state index in [4.69, 9.17) is 14.7 Å². The SMILES string of the molecule is CCCN(Cc1nc2c(ccc3cc(-c4ccc5c(ccc6[nH]c(CN(CC(C)OC)C(=O)CNC=O)nc65)c4)ccc32)[nH]1)C(=O)CNC(=O)OC. The van der Waals surface area contributed by atoms with Crippen molar-refractivity contribution in [3.8, 4) is 11.1 Å². The molecule has 14 nitrogen and oxygen atoms in total. The molecule has 6 rings (SSSR count). The fraction of sp³-hybridized carbons (Fsp3) is 0.316. The topological polar surface area (TPSA) is 175 Å². The number of nitrogens with one attached hydrogen (secondary N) is 4. The predicted molar refractivity (Wildman–Crippen MR) is 198 cm³/mol. The lowest BCUT2D eigenvalue weighted by Gasteiger charge is -2.24. The molecule has 6 aromatic rings. The summed E-state index contributed by atoms with van der Waals surface area (Å²) < 4.78 is 9.96. The minimum atomic E-state index is -0.652. The van der Waals surface area contributed by atoms with Gasteiger partial charge in [-0.1, -0.05) is 43.3 Å². The smallest absolute Gasteiger partial charge is 0.407 e. The molecule has 0 aliphatic heterocycles. The maximum atomic E-state index is 12.8. The molecule has 2 aromatic heterocycles. The van der Waals surface area contributed by atoms with E-state index in [0.29, 0.717) is 31.1 Å². The summed E-state index contributed by atoms with van der Waals surface area (Å²) in [7, 11) is 2.85. The molecule has 4 aromatic carbocycles. The van der Waals surface area contributed by atoms with Crippen LogP contribution in [0, 0.1) is 0 Å². The Morgan fingerprint density at radius 2 is 1.37 bits per heavy atom. The number of alkyl carbamates (subject to hydrolysis) is 1. The standard InChI is InChI=1S/C38H42N8O6/c1-5-14-45(35(49)18-40-38(50)52-4)20-32-41-30-12-8-26-15-24(6-10-28(26)36(30)43-32)25-7-11-29-27(16-25)9-13-31-37(29)44-33(42-31)21-46(19-23(2)51-3)34(48)17-39-22-47/h6-13,15-16,22-23H,5,14,17-21H2,1-4H3,(H,39,47)(H,40,50)(H,41,43)(H,42,44). The van der Waals surface area contributed by atoms with Gasteiger partial charge in [0.25, 0.3) is 0 Å². The zero-order chi connectivity index (χ0) is 36.8. The Hall–Kier alpha value is -6.02. The first-order chi connectivity index (χ1) is 25.2. The summed E-state index contributed by atoms with van der Waals surface area (Å²) in [6.07, 6.45) is 0.426. The lowest BCUT2D eigenvalue weighted by atomic mass is 9.98. The van der Waals surface area contributed by atoms with Gasteiger partial charge in [-0.25, -0.2) is 14.8 Å². The first-order valence-electron chi connectivity index (χ1n) is 17.1. The minimum Gasteiger partial charge on any atom is -0.453 e.